The van der Waals surface area contributed by atoms with Gasteiger partial charge in [0.15, 0.2) is 5.96 Å². The molecule has 0 spiro atoms. The Morgan fingerprint density at radius 3 is 2.04 bits per heavy atom. The zero-order chi connectivity index (χ0) is 33.2. The first-order chi connectivity index (χ1) is 21.4. The lowest BCUT2D eigenvalue weighted by molar-refractivity contribution is -0.132. The van der Waals surface area contributed by atoms with E-state index in [1.165, 1.54) is 6.92 Å². The smallest absolute Gasteiger partial charge is 0.243 e. The van der Waals surface area contributed by atoms with Crippen molar-refractivity contribution >= 4 is 29.6 Å². The second kappa shape index (κ2) is 19.8. The van der Waals surface area contributed by atoms with Crippen LogP contribution in [0.1, 0.15) is 57.6 Å². The van der Waals surface area contributed by atoms with Gasteiger partial charge in [-0.3, -0.25) is 24.2 Å². The summed E-state index contributed by atoms with van der Waals surface area (Å²) in [6, 6.07) is 16.2. The van der Waals surface area contributed by atoms with E-state index in [0.717, 1.165) is 11.1 Å². The van der Waals surface area contributed by atoms with Crippen LogP contribution in [-0.4, -0.2) is 72.0 Å². The molecular formula is C33H49N7O5. The van der Waals surface area contributed by atoms with Gasteiger partial charge in [0.25, 0.3) is 0 Å². The minimum absolute atomic E-state index is 0.0720. The van der Waals surface area contributed by atoms with Gasteiger partial charge >= 0.3 is 0 Å². The maximum atomic E-state index is 13.2. The molecule has 0 aromatic heterocycles. The van der Waals surface area contributed by atoms with E-state index in [0.29, 0.717) is 25.8 Å². The molecule has 45 heavy (non-hydrogen) atoms. The van der Waals surface area contributed by atoms with Crippen LogP contribution in [0.15, 0.2) is 65.7 Å². The Kier molecular flexibility index (Phi) is 16.1. The van der Waals surface area contributed by atoms with Gasteiger partial charge in [-0.2, -0.15) is 0 Å². The largest absolute Gasteiger partial charge is 0.390 e. The van der Waals surface area contributed by atoms with Crippen LogP contribution in [0.5, 0.6) is 0 Å². The highest BCUT2D eigenvalue weighted by molar-refractivity contribution is 5.92. The van der Waals surface area contributed by atoms with E-state index in [4.69, 9.17) is 11.5 Å². The van der Waals surface area contributed by atoms with Crippen molar-refractivity contribution in [2.24, 2.45) is 22.4 Å². The number of benzene rings is 2. The van der Waals surface area contributed by atoms with Crippen LogP contribution >= 0.6 is 0 Å². The van der Waals surface area contributed by atoms with Gasteiger partial charge in [0.1, 0.15) is 12.1 Å². The molecule has 0 bridgehead atoms. The monoisotopic (exact) mass is 623 g/mol. The molecule has 4 amide bonds. The summed E-state index contributed by atoms with van der Waals surface area (Å²) >= 11 is 0. The van der Waals surface area contributed by atoms with Crippen LogP contribution in [0.4, 0.5) is 0 Å². The summed E-state index contributed by atoms with van der Waals surface area (Å²) in [5.74, 6) is -1.68. The Morgan fingerprint density at radius 1 is 0.822 bits per heavy atom. The number of nitrogens with two attached hydrogens (primary N) is 2. The number of rotatable bonds is 19. The lowest BCUT2D eigenvalue weighted by atomic mass is 9.96. The van der Waals surface area contributed by atoms with Crippen molar-refractivity contribution in [1.29, 1.82) is 0 Å². The molecule has 2 aromatic rings. The highest BCUT2D eigenvalue weighted by atomic mass is 16.3. The van der Waals surface area contributed by atoms with E-state index in [-0.39, 0.29) is 49.5 Å². The number of carbonyl (C=O) groups is 4. The van der Waals surface area contributed by atoms with E-state index in [1.54, 1.807) is 0 Å². The maximum Gasteiger partial charge on any atom is 0.243 e. The van der Waals surface area contributed by atoms with Gasteiger partial charge in [0.05, 0.1) is 25.0 Å². The number of guanidine groups is 1. The number of aliphatic hydroxyl groups is 1. The van der Waals surface area contributed by atoms with Crippen LogP contribution in [-0.2, 0) is 32.0 Å². The Bertz CT molecular complexity index is 1240. The Balaban J connectivity index is 1.96. The van der Waals surface area contributed by atoms with Crippen molar-refractivity contribution in [3.8, 4) is 0 Å². The summed E-state index contributed by atoms with van der Waals surface area (Å²) in [5, 5.41) is 21.9. The van der Waals surface area contributed by atoms with E-state index >= 15 is 0 Å². The molecule has 4 atom stereocenters. The van der Waals surface area contributed by atoms with E-state index in [9.17, 15) is 24.3 Å². The third-order valence-electron chi connectivity index (χ3n) is 7.05. The highest BCUT2D eigenvalue weighted by Crippen LogP contribution is 2.12. The predicted octanol–water partition coefficient (Wildman–Crippen LogP) is 0.913. The summed E-state index contributed by atoms with van der Waals surface area (Å²) in [4.78, 5) is 55.6. The molecule has 12 heteroatoms. The van der Waals surface area contributed by atoms with Crippen LogP contribution < -0.4 is 32.7 Å². The van der Waals surface area contributed by atoms with Crippen molar-refractivity contribution in [3.63, 3.8) is 0 Å². The number of hydrogen-bond acceptors (Lipinski definition) is 6. The van der Waals surface area contributed by atoms with E-state index in [2.05, 4.69) is 26.3 Å². The molecule has 0 aliphatic heterocycles. The SMILES string of the molecule is CC(C)C[C@H](NC(=O)[C@H](C)NC(=O)[C@H](CCCN=C(N)N)NC(=O)Cc1ccccc1)[C@@H](O)CC(=O)NCCc1ccccc1. The molecular weight excluding hydrogens is 574 g/mol. The molecule has 0 saturated heterocycles. The summed E-state index contributed by atoms with van der Waals surface area (Å²) in [7, 11) is 0. The minimum atomic E-state index is -1.13. The first-order valence-electron chi connectivity index (χ1n) is 15.4. The molecule has 0 aliphatic rings. The lowest BCUT2D eigenvalue weighted by Crippen LogP contribution is -2.55. The van der Waals surface area contributed by atoms with Gasteiger partial charge in [-0.25, -0.2) is 0 Å². The third kappa shape index (κ3) is 15.2. The fourth-order valence-electron chi connectivity index (χ4n) is 4.70. The molecule has 2 rings (SSSR count). The van der Waals surface area contributed by atoms with E-state index < -0.39 is 36.0 Å². The average molecular weight is 624 g/mol. The second-order valence-corrected chi connectivity index (χ2v) is 11.6. The molecule has 12 nitrogen and oxygen atoms in total. The van der Waals surface area contributed by atoms with Crippen LogP contribution in [0.2, 0.25) is 0 Å². The topological polar surface area (TPSA) is 201 Å². The molecule has 0 fully saturated rings. The van der Waals surface area contributed by atoms with Crippen LogP contribution in [0.25, 0.3) is 0 Å². The first kappa shape index (κ1) is 36.7. The Morgan fingerprint density at radius 2 is 1.44 bits per heavy atom. The number of aliphatic imine (C=N–C) groups is 1. The quantitative estimate of drug-likeness (QED) is 0.0685. The standard InChI is InChI=1S/C33H49N7O5/c1-22(2)19-27(28(41)21-29(42)36-18-16-24-11-6-4-7-12-24)40-31(44)23(3)38-32(45)26(15-10-17-37-33(34)35)39-30(43)20-25-13-8-5-9-14-25/h4-9,11-14,22-23,26-28,41H,10,15-21H2,1-3H3,(H,36,42)(H,38,45)(H,39,43)(H,40,44)(H4,34,35,37)/t23-,26-,27-,28-/m0/s1. The lowest BCUT2D eigenvalue weighted by Gasteiger charge is -2.28. The molecule has 0 heterocycles. The van der Waals surface area contributed by atoms with Gasteiger partial charge in [-0.05, 0) is 49.7 Å². The number of nitrogens with zero attached hydrogens (tertiary/aromatic N) is 1. The van der Waals surface area contributed by atoms with Gasteiger partial charge in [0, 0.05) is 13.1 Å². The molecule has 0 unspecified atom stereocenters. The van der Waals surface area contributed by atoms with Crippen molar-refractivity contribution in [3.05, 3.63) is 71.8 Å². The molecule has 9 N–H and O–H groups in total. The summed E-state index contributed by atoms with van der Waals surface area (Å²) in [6.07, 6.45) is 0.518. The average Bonchev–Trinajstić information content (AvgIpc) is 2.98. The molecule has 0 aliphatic carbocycles. The minimum Gasteiger partial charge on any atom is -0.390 e. The maximum absolute atomic E-state index is 13.2. The number of hydrogen-bond donors (Lipinski definition) is 7. The molecule has 2 aromatic carbocycles. The predicted molar refractivity (Wildman–Crippen MR) is 175 cm³/mol. The van der Waals surface area contributed by atoms with Crippen molar-refractivity contribution in [2.45, 2.75) is 83.5 Å². The van der Waals surface area contributed by atoms with Crippen molar-refractivity contribution in [2.75, 3.05) is 13.1 Å². The summed E-state index contributed by atoms with van der Waals surface area (Å²) in [6.45, 7) is 6.11. The normalized spacial score (nSPS) is 13.5. The van der Waals surface area contributed by atoms with Gasteiger partial charge in [-0.1, -0.05) is 74.5 Å². The van der Waals surface area contributed by atoms with Crippen molar-refractivity contribution < 1.29 is 24.3 Å². The highest BCUT2D eigenvalue weighted by Gasteiger charge is 2.29. The van der Waals surface area contributed by atoms with Crippen LogP contribution in [0.3, 0.4) is 0 Å². The zero-order valence-electron chi connectivity index (χ0n) is 26.5. The van der Waals surface area contributed by atoms with E-state index in [1.807, 2.05) is 74.5 Å². The van der Waals surface area contributed by atoms with Gasteiger partial charge < -0.3 is 37.8 Å². The summed E-state index contributed by atoms with van der Waals surface area (Å²) < 4.78 is 0. The summed E-state index contributed by atoms with van der Waals surface area (Å²) in [5.41, 5.74) is 12.7. The third-order valence-corrected chi connectivity index (χ3v) is 7.05. The molecule has 0 saturated carbocycles. The zero-order valence-corrected chi connectivity index (χ0v) is 26.5. The number of nitrogens with one attached hydrogen (secondary N) is 4. The van der Waals surface area contributed by atoms with Gasteiger partial charge in [-0.15, -0.1) is 0 Å². The number of amides is 4. The first-order valence-corrected chi connectivity index (χ1v) is 15.4. The Hall–Kier alpha value is -4.45. The van der Waals surface area contributed by atoms with Crippen molar-refractivity contribution in [1.82, 2.24) is 21.3 Å². The number of aliphatic hydroxyl groups excluding tert-OH is 1. The van der Waals surface area contributed by atoms with Gasteiger partial charge in [0.2, 0.25) is 23.6 Å². The molecule has 0 radical (unpaired) electrons. The fourth-order valence-corrected chi connectivity index (χ4v) is 4.70. The van der Waals surface area contributed by atoms with Crippen LogP contribution in [0, 0.1) is 5.92 Å². The number of carbonyl (C=O) groups excluding carboxylic acids is 4. The second-order valence-electron chi connectivity index (χ2n) is 11.6. The molecule has 246 valence electrons. The Labute approximate surface area is 265 Å². The fraction of sp³-hybridized carbons (Fsp3) is 0.485.